The molecule has 1 aliphatic heterocycles. The minimum atomic E-state index is -4.30. The number of amides is 1. The van der Waals surface area contributed by atoms with Crippen LogP contribution in [-0.4, -0.2) is 44.7 Å². The van der Waals surface area contributed by atoms with Gasteiger partial charge in [0.15, 0.2) is 6.04 Å². The van der Waals surface area contributed by atoms with Crippen LogP contribution in [0.25, 0.3) is 0 Å². The highest BCUT2D eigenvalue weighted by Crippen LogP contribution is 2.29. The molecule has 1 aromatic carbocycles. The standard InChI is InChI=1S/C17H24F3N3O/c1-3-21-16(24)13(2)23-9-7-22(8-10-23)12-14-5-4-6-15(11-14)17(18,19)20/h4-6,11,13H,3,7-10,12H2,1-2H3,(H,21,24)/p+2/t13-/m1/s1. The molecule has 4 nitrogen and oxygen atoms in total. The zero-order valence-corrected chi connectivity index (χ0v) is 14.2. The number of quaternary nitrogens is 2. The van der Waals surface area contributed by atoms with Crippen molar-refractivity contribution in [2.24, 2.45) is 0 Å². The lowest BCUT2D eigenvalue weighted by Gasteiger charge is -2.32. The van der Waals surface area contributed by atoms with Crippen LogP contribution in [0.15, 0.2) is 24.3 Å². The summed E-state index contributed by atoms with van der Waals surface area (Å²) in [6.07, 6.45) is -4.30. The molecular weight excluding hydrogens is 319 g/mol. The summed E-state index contributed by atoms with van der Waals surface area (Å²) < 4.78 is 38.3. The molecule has 1 saturated heterocycles. The highest BCUT2D eigenvalue weighted by atomic mass is 19.4. The van der Waals surface area contributed by atoms with Crippen LogP contribution in [-0.2, 0) is 17.5 Å². The van der Waals surface area contributed by atoms with E-state index in [2.05, 4.69) is 5.32 Å². The van der Waals surface area contributed by atoms with E-state index >= 15 is 0 Å². The number of likely N-dealkylation sites (N-methyl/N-ethyl adjacent to an activating group) is 1. The first-order chi connectivity index (χ1) is 11.3. The summed E-state index contributed by atoms with van der Waals surface area (Å²) in [7, 11) is 0. The third-order valence-electron chi connectivity index (χ3n) is 4.66. The second-order valence-electron chi connectivity index (χ2n) is 6.40. The van der Waals surface area contributed by atoms with Gasteiger partial charge in [-0.15, -0.1) is 0 Å². The molecule has 0 saturated carbocycles. The van der Waals surface area contributed by atoms with Gasteiger partial charge in [0.25, 0.3) is 5.91 Å². The van der Waals surface area contributed by atoms with Gasteiger partial charge < -0.3 is 15.1 Å². The summed E-state index contributed by atoms with van der Waals surface area (Å²) in [4.78, 5) is 14.4. The molecule has 7 heteroatoms. The number of alkyl halides is 3. The van der Waals surface area contributed by atoms with Crippen molar-refractivity contribution in [3.63, 3.8) is 0 Å². The van der Waals surface area contributed by atoms with Gasteiger partial charge in [0.1, 0.15) is 32.7 Å². The molecule has 2 rings (SSSR count). The van der Waals surface area contributed by atoms with Crippen molar-refractivity contribution >= 4 is 5.91 Å². The van der Waals surface area contributed by atoms with Crippen LogP contribution in [0.3, 0.4) is 0 Å². The number of hydrogen-bond acceptors (Lipinski definition) is 1. The van der Waals surface area contributed by atoms with E-state index in [0.29, 0.717) is 18.7 Å². The van der Waals surface area contributed by atoms with Crippen molar-refractivity contribution in [2.75, 3.05) is 32.7 Å². The van der Waals surface area contributed by atoms with Gasteiger partial charge in [-0.05, 0) is 26.0 Å². The van der Waals surface area contributed by atoms with E-state index in [-0.39, 0.29) is 11.9 Å². The first-order valence-corrected chi connectivity index (χ1v) is 8.43. The third-order valence-corrected chi connectivity index (χ3v) is 4.66. The normalized spacial score (nSPS) is 22.9. The van der Waals surface area contributed by atoms with Gasteiger partial charge in [0, 0.05) is 12.1 Å². The van der Waals surface area contributed by atoms with Gasteiger partial charge in [-0.3, -0.25) is 4.79 Å². The molecule has 0 aliphatic carbocycles. The molecule has 0 spiro atoms. The number of piperazine rings is 1. The fraction of sp³-hybridized carbons (Fsp3) is 0.588. The zero-order valence-electron chi connectivity index (χ0n) is 14.2. The van der Waals surface area contributed by atoms with E-state index in [4.69, 9.17) is 0 Å². The monoisotopic (exact) mass is 345 g/mol. The lowest BCUT2D eigenvalue weighted by Crippen LogP contribution is -3.29. The average molecular weight is 345 g/mol. The van der Waals surface area contributed by atoms with E-state index in [9.17, 15) is 18.0 Å². The number of benzene rings is 1. The third kappa shape index (κ3) is 4.95. The van der Waals surface area contributed by atoms with Crippen LogP contribution in [0.2, 0.25) is 0 Å². The number of carbonyl (C=O) groups is 1. The summed E-state index contributed by atoms with van der Waals surface area (Å²) >= 11 is 0. The highest BCUT2D eigenvalue weighted by Gasteiger charge is 2.32. The van der Waals surface area contributed by atoms with Crippen LogP contribution >= 0.6 is 0 Å². The minimum Gasteiger partial charge on any atom is -0.351 e. The molecule has 3 N–H and O–H groups in total. The summed E-state index contributed by atoms with van der Waals surface area (Å²) in [5.74, 6) is 0.0637. The SMILES string of the molecule is CCNC(=O)[C@@H](C)[NH+]1CC[NH+](Cc2cccc(C(F)(F)F)c2)CC1. The molecule has 0 unspecified atom stereocenters. The summed E-state index contributed by atoms with van der Waals surface area (Å²) in [5.41, 5.74) is 0.119. The van der Waals surface area contributed by atoms with Crippen LogP contribution in [0, 0.1) is 0 Å². The van der Waals surface area contributed by atoms with Crippen LogP contribution in [0.1, 0.15) is 25.0 Å². The van der Waals surface area contributed by atoms with E-state index in [0.717, 1.165) is 32.2 Å². The Kier molecular flexibility index (Phi) is 6.23. The van der Waals surface area contributed by atoms with Gasteiger partial charge in [0.05, 0.1) is 5.56 Å². The maximum Gasteiger partial charge on any atom is 0.416 e. The second-order valence-corrected chi connectivity index (χ2v) is 6.40. The van der Waals surface area contributed by atoms with Gasteiger partial charge in [-0.2, -0.15) is 13.2 Å². The molecule has 0 aromatic heterocycles. The first-order valence-electron chi connectivity index (χ1n) is 8.43. The average Bonchev–Trinajstić information content (AvgIpc) is 2.54. The van der Waals surface area contributed by atoms with Crippen molar-refractivity contribution in [3.8, 4) is 0 Å². The molecule has 0 bridgehead atoms. The number of hydrogen-bond donors (Lipinski definition) is 3. The molecule has 1 aliphatic rings. The Hall–Kier alpha value is -1.60. The predicted octanol–water partition coefficient (Wildman–Crippen LogP) is -0.487. The van der Waals surface area contributed by atoms with E-state index in [1.807, 2.05) is 13.8 Å². The fourth-order valence-corrected chi connectivity index (χ4v) is 3.19. The number of carbonyl (C=O) groups excluding carboxylic acids is 1. The smallest absolute Gasteiger partial charge is 0.351 e. The molecule has 0 radical (unpaired) electrons. The summed E-state index contributed by atoms with van der Waals surface area (Å²) in [6, 6.07) is 5.48. The van der Waals surface area contributed by atoms with E-state index < -0.39 is 11.7 Å². The van der Waals surface area contributed by atoms with Crippen molar-refractivity contribution in [1.82, 2.24) is 5.32 Å². The molecule has 24 heavy (non-hydrogen) atoms. The Balaban J connectivity index is 1.88. The lowest BCUT2D eigenvalue weighted by molar-refractivity contribution is -1.02. The Morgan fingerprint density at radius 1 is 1.25 bits per heavy atom. The van der Waals surface area contributed by atoms with E-state index in [1.54, 1.807) is 6.07 Å². The maximum absolute atomic E-state index is 12.8. The molecule has 1 aromatic rings. The largest absolute Gasteiger partial charge is 0.416 e. The quantitative estimate of drug-likeness (QED) is 0.662. The molecule has 1 fully saturated rings. The molecule has 1 heterocycles. The molecular formula is C17H26F3N3O+2. The Morgan fingerprint density at radius 3 is 2.50 bits per heavy atom. The van der Waals surface area contributed by atoms with Crippen LogP contribution in [0.4, 0.5) is 13.2 Å². The topological polar surface area (TPSA) is 38.0 Å². The highest BCUT2D eigenvalue weighted by molar-refractivity contribution is 5.79. The predicted molar refractivity (Wildman–Crippen MR) is 84.7 cm³/mol. The number of nitrogens with one attached hydrogen (secondary N) is 3. The van der Waals surface area contributed by atoms with Crippen molar-refractivity contribution in [1.29, 1.82) is 0 Å². The Morgan fingerprint density at radius 2 is 1.92 bits per heavy atom. The minimum absolute atomic E-state index is 0.0637. The number of rotatable bonds is 5. The fourth-order valence-electron chi connectivity index (χ4n) is 3.19. The van der Waals surface area contributed by atoms with Gasteiger partial charge in [0.2, 0.25) is 0 Å². The molecule has 1 amide bonds. The Labute approximate surface area is 140 Å². The van der Waals surface area contributed by atoms with Crippen LogP contribution in [0.5, 0.6) is 0 Å². The Bertz CT molecular complexity index is 554. The summed E-state index contributed by atoms with van der Waals surface area (Å²) in [6.45, 7) is 8.47. The van der Waals surface area contributed by atoms with Gasteiger partial charge in [-0.25, -0.2) is 0 Å². The van der Waals surface area contributed by atoms with Crippen molar-refractivity contribution < 1.29 is 27.8 Å². The van der Waals surface area contributed by atoms with Crippen LogP contribution < -0.4 is 15.1 Å². The number of halogens is 3. The maximum atomic E-state index is 12.8. The van der Waals surface area contributed by atoms with Gasteiger partial charge >= 0.3 is 6.18 Å². The first kappa shape index (κ1) is 18.7. The zero-order chi connectivity index (χ0) is 17.7. The van der Waals surface area contributed by atoms with Crippen molar-refractivity contribution in [3.05, 3.63) is 35.4 Å². The summed E-state index contributed by atoms with van der Waals surface area (Å²) in [5, 5.41) is 2.84. The van der Waals surface area contributed by atoms with Gasteiger partial charge in [-0.1, -0.05) is 12.1 Å². The second kappa shape index (κ2) is 7.98. The van der Waals surface area contributed by atoms with Crippen molar-refractivity contribution in [2.45, 2.75) is 32.6 Å². The molecule has 134 valence electrons. The lowest BCUT2D eigenvalue weighted by atomic mass is 10.1. The molecule has 1 atom stereocenters. The van der Waals surface area contributed by atoms with E-state index in [1.165, 1.54) is 21.9 Å².